The molecule has 1 radical (unpaired) electrons. The molecule has 0 heterocycles. The summed E-state index contributed by atoms with van der Waals surface area (Å²) in [6, 6.07) is 4.29. The Kier molecular flexibility index (Phi) is 3.17. The van der Waals surface area contributed by atoms with Gasteiger partial charge < -0.3 is 5.11 Å². The van der Waals surface area contributed by atoms with Gasteiger partial charge in [-0.1, -0.05) is 17.7 Å². The summed E-state index contributed by atoms with van der Waals surface area (Å²) in [4.78, 5) is 20.6. The van der Waals surface area contributed by atoms with Crippen LogP contribution in [0.1, 0.15) is 22.0 Å². The molecule has 0 aliphatic heterocycles. The number of carbonyl (C=O) groups is 1. The van der Waals surface area contributed by atoms with Gasteiger partial charge in [-0.05, 0) is 17.7 Å². The van der Waals surface area contributed by atoms with Crippen molar-refractivity contribution in [3.05, 3.63) is 34.3 Å². The van der Waals surface area contributed by atoms with E-state index >= 15 is 0 Å². The van der Waals surface area contributed by atoms with Crippen molar-refractivity contribution in [1.29, 1.82) is 0 Å². The second kappa shape index (κ2) is 4.16. The molecule has 1 N–H and O–H groups in total. The van der Waals surface area contributed by atoms with Crippen molar-refractivity contribution in [1.82, 2.24) is 0 Å². The van der Waals surface area contributed by atoms with Crippen LogP contribution in [0.15, 0.2) is 18.2 Å². The van der Waals surface area contributed by atoms with E-state index in [-0.39, 0.29) is 11.1 Å². The van der Waals surface area contributed by atoms with E-state index in [1.807, 2.05) is 0 Å². The van der Waals surface area contributed by atoms with E-state index in [1.165, 1.54) is 24.5 Å². The molecule has 1 unspecified atom stereocenters. The minimum atomic E-state index is -1.39. The third-order valence-corrected chi connectivity index (χ3v) is 1.82. The maximum atomic E-state index is 10.5. The van der Waals surface area contributed by atoms with Crippen LogP contribution >= 0.6 is 11.6 Å². The summed E-state index contributed by atoms with van der Waals surface area (Å²) in [5, 5.41) is 9.49. The van der Waals surface area contributed by atoms with Crippen molar-refractivity contribution in [3.8, 4) is 0 Å². The van der Waals surface area contributed by atoms with Crippen LogP contribution < -0.4 is 0 Å². The first-order chi connectivity index (χ1) is 6.19. The van der Waals surface area contributed by atoms with Gasteiger partial charge in [-0.25, -0.2) is 0 Å². The Morgan fingerprint density at radius 3 is 2.77 bits per heavy atom. The monoisotopic (exact) mass is 197 g/mol. The quantitative estimate of drug-likeness (QED) is 0.743. The van der Waals surface area contributed by atoms with Crippen molar-refractivity contribution >= 4 is 24.2 Å². The second-order valence-electron chi connectivity index (χ2n) is 2.41. The van der Waals surface area contributed by atoms with Gasteiger partial charge in [0.05, 0.1) is 0 Å². The highest BCUT2D eigenvalue weighted by molar-refractivity contribution is 6.30. The molecule has 0 aromatic heterocycles. The lowest BCUT2D eigenvalue weighted by Gasteiger charge is -2.05. The molecule has 0 aliphatic carbocycles. The van der Waals surface area contributed by atoms with Gasteiger partial charge >= 0.3 is 0 Å². The van der Waals surface area contributed by atoms with E-state index in [4.69, 9.17) is 16.7 Å². The number of hydrogen-bond donors (Lipinski definition) is 1. The fraction of sp³-hybridized carbons (Fsp3) is 0.111. The molecule has 13 heavy (non-hydrogen) atoms. The number of hydrogen-bond acceptors (Lipinski definition) is 3. The molecule has 4 heteroatoms. The van der Waals surface area contributed by atoms with Crippen LogP contribution in [0.5, 0.6) is 0 Å². The molecule has 1 aromatic carbocycles. The summed E-state index contributed by atoms with van der Waals surface area (Å²) in [6.07, 6.45) is 0.517. The summed E-state index contributed by atoms with van der Waals surface area (Å²) >= 11 is 5.60. The van der Waals surface area contributed by atoms with E-state index < -0.39 is 6.10 Å². The lowest BCUT2D eigenvalue weighted by Crippen LogP contribution is -2.02. The summed E-state index contributed by atoms with van der Waals surface area (Å²) in [5.74, 6) is 0. The highest BCUT2D eigenvalue weighted by Crippen LogP contribution is 2.19. The van der Waals surface area contributed by atoms with Crippen LogP contribution in [-0.4, -0.2) is 17.7 Å². The SMILES string of the molecule is O=[C]C(O)c1ccc(Cl)cc1C=O. The molecule has 67 valence electrons. The van der Waals surface area contributed by atoms with Gasteiger partial charge in [-0.3, -0.25) is 9.59 Å². The van der Waals surface area contributed by atoms with Gasteiger partial charge in [0.25, 0.3) is 0 Å². The molecule has 0 saturated carbocycles. The van der Waals surface area contributed by atoms with E-state index in [0.29, 0.717) is 11.3 Å². The standard InChI is InChI=1S/C9H6ClO3/c10-7-1-2-8(9(13)5-12)6(3-7)4-11/h1-4,9,13H. The van der Waals surface area contributed by atoms with Crippen LogP contribution in [0, 0.1) is 0 Å². The average Bonchev–Trinajstić information content (AvgIpc) is 2.16. The number of carbonyl (C=O) groups excluding carboxylic acids is 2. The first-order valence-corrected chi connectivity index (χ1v) is 3.87. The maximum Gasteiger partial charge on any atom is 0.234 e. The third kappa shape index (κ3) is 2.14. The normalized spacial score (nSPS) is 12.2. The molecule has 0 amide bonds. The van der Waals surface area contributed by atoms with Crippen molar-refractivity contribution in [2.24, 2.45) is 0 Å². The van der Waals surface area contributed by atoms with E-state index in [0.717, 1.165) is 0 Å². The molecule has 1 aromatic rings. The van der Waals surface area contributed by atoms with E-state index in [2.05, 4.69) is 0 Å². The predicted molar refractivity (Wildman–Crippen MR) is 47.5 cm³/mol. The van der Waals surface area contributed by atoms with Gasteiger partial charge in [-0.2, -0.15) is 0 Å². The minimum absolute atomic E-state index is 0.198. The molecule has 3 nitrogen and oxygen atoms in total. The van der Waals surface area contributed by atoms with Crippen molar-refractivity contribution in [3.63, 3.8) is 0 Å². The largest absolute Gasteiger partial charge is 0.380 e. The average molecular weight is 198 g/mol. The number of aliphatic hydroxyl groups excluding tert-OH is 1. The van der Waals surface area contributed by atoms with Crippen LogP contribution in [0.3, 0.4) is 0 Å². The molecule has 0 aliphatic rings. The van der Waals surface area contributed by atoms with Crippen LogP contribution in [0.25, 0.3) is 0 Å². The molecular weight excluding hydrogens is 192 g/mol. The molecule has 0 saturated heterocycles. The number of rotatable bonds is 3. The van der Waals surface area contributed by atoms with Gasteiger partial charge in [0.1, 0.15) is 12.4 Å². The lowest BCUT2D eigenvalue weighted by molar-refractivity contribution is 0.111. The fourth-order valence-electron chi connectivity index (χ4n) is 0.960. The molecule has 0 spiro atoms. The van der Waals surface area contributed by atoms with Crippen LogP contribution in [-0.2, 0) is 4.79 Å². The van der Waals surface area contributed by atoms with E-state index in [9.17, 15) is 9.59 Å². The Bertz CT molecular complexity index is 336. The molecule has 0 fully saturated rings. The molecule has 1 atom stereocenters. The first kappa shape index (κ1) is 9.89. The zero-order valence-corrected chi connectivity index (χ0v) is 7.28. The molecule has 0 bridgehead atoms. The van der Waals surface area contributed by atoms with Gasteiger partial charge in [0.2, 0.25) is 6.29 Å². The van der Waals surface area contributed by atoms with Crippen molar-refractivity contribution in [2.45, 2.75) is 6.10 Å². The highest BCUT2D eigenvalue weighted by atomic mass is 35.5. The number of benzene rings is 1. The summed E-state index contributed by atoms with van der Waals surface area (Å²) in [6.45, 7) is 0. The summed E-state index contributed by atoms with van der Waals surface area (Å²) in [7, 11) is 0. The number of halogens is 1. The van der Waals surface area contributed by atoms with E-state index in [1.54, 1.807) is 0 Å². The smallest absolute Gasteiger partial charge is 0.234 e. The Balaban J connectivity index is 3.20. The third-order valence-electron chi connectivity index (χ3n) is 1.58. The lowest BCUT2D eigenvalue weighted by atomic mass is 10.0. The maximum absolute atomic E-state index is 10.5. The topological polar surface area (TPSA) is 54.4 Å². The van der Waals surface area contributed by atoms with Gasteiger partial charge in [0.15, 0.2) is 0 Å². The minimum Gasteiger partial charge on any atom is -0.380 e. The second-order valence-corrected chi connectivity index (χ2v) is 2.85. The van der Waals surface area contributed by atoms with Crippen LogP contribution in [0.4, 0.5) is 0 Å². The summed E-state index contributed by atoms with van der Waals surface area (Å²) in [5.41, 5.74) is 0.415. The van der Waals surface area contributed by atoms with Gasteiger partial charge in [-0.15, -0.1) is 0 Å². The fourth-order valence-corrected chi connectivity index (χ4v) is 1.14. The Labute approximate surface area is 79.9 Å². The number of aliphatic hydroxyl groups is 1. The zero-order chi connectivity index (χ0) is 9.84. The van der Waals surface area contributed by atoms with Crippen molar-refractivity contribution in [2.75, 3.05) is 0 Å². The van der Waals surface area contributed by atoms with Crippen LogP contribution in [0.2, 0.25) is 5.02 Å². The van der Waals surface area contributed by atoms with Gasteiger partial charge in [0, 0.05) is 10.6 Å². The Morgan fingerprint density at radius 1 is 1.54 bits per heavy atom. The number of aldehydes is 1. The molecular formula is C9H6ClO3. The summed E-state index contributed by atoms with van der Waals surface area (Å²) < 4.78 is 0. The predicted octanol–water partition coefficient (Wildman–Crippen LogP) is 1.30. The zero-order valence-electron chi connectivity index (χ0n) is 6.53. The Morgan fingerprint density at radius 2 is 2.23 bits per heavy atom. The highest BCUT2D eigenvalue weighted by Gasteiger charge is 2.11. The molecule has 1 rings (SSSR count). The Hall–Kier alpha value is -1.19. The first-order valence-electron chi connectivity index (χ1n) is 3.49. The van der Waals surface area contributed by atoms with Crippen molar-refractivity contribution < 1.29 is 14.7 Å².